The molecule has 0 aromatic heterocycles. The Morgan fingerprint density at radius 3 is 2.74 bits per heavy atom. The molecule has 0 bridgehead atoms. The van der Waals surface area contributed by atoms with Crippen LogP contribution in [0.5, 0.6) is 0 Å². The zero-order valence-electron chi connectivity index (χ0n) is 10.7. The third-order valence-electron chi connectivity index (χ3n) is 3.17. The van der Waals surface area contributed by atoms with Crippen molar-refractivity contribution in [1.29, 1.82) is 0 Å². The van der Waals surface area contributed by atoms with Gasteiger partial charge < -0.3 is 9.84 Å². The molecular weight excluding hydrogens is 246 g/mol. The summed E-state index contributed by atoms with van der Waals surface area (Å²) in [6.45, 7) is 1.99. The van der Waals surface area contributed by atoms with Gasteiger partial charge in [0.05, 0.1) is 23.2 Å². The number of ether oxygens (including phenoxy) is 1. The van der Waals surface area contributed by atoms with Crippen LogP contribution in [0.2, 0.25) is 0 Å². The van der Waals surface area contributed by atoms with Crippen LogP contribution < -0.4 is 0 Å². The first-order valence-electron chi connectivity index (χ1n) is 6.31. The Balaban J connectivity index is 1.99. The molecule has 0 saturated carbocycles. The summed E-state index contributed by atoms with van der Waals surface area (Å²) in [5, 5.41) is 20.7. The Hall–Kier alpha value is -1.72. The van der Waals surface area contributed by atoms with Crippen molar-refractivity contribution in [3.63, 3.8) is 0 Å². The third kappa shape index (κ3) is 3.62. The van der Waals surface area contributed by atoms with Crippen molar-refractivity contribution in [2.24, 2.45) is 0 Å². The van der Waals surface area contributed by atoms with Crippen molar-refractivity contribution in [1.82, 2.24) is 0 Å². The molecule has 0 radical (unpaired) electrons. The number of aliphatic hydroxyl groups is 1. The molecule has 0 amide bonds. The molecule has 0 aliphatic carbocycles. The lowest BCUT2D eigenvalue weighted by atomic mass is 10.0. The van der Waals surface area contributed by atoms with Gasteiger partial charge in [-0.05, 0) is 31.0 Å². The SMILES string of the molecule is C[C@H]1CC=C[C@@H](CC(O)c2ccc([N+](=O)[O-])cc2)O1. The number of nitrogens with zero attached hydrogens (tertiary/aromatic N) is 1. The number of aliphatic hydroxyl groups excluding tert-OH is 1. The summed E-state index contributed by atoms with van der Waals surface area (Å²) >= 11 is 0. The number of nitro groups is 1. The van der Waals surface area contributed by atoms with Crippen LogP contribution in [0.25, 0.3) is 0 Å². The average molecular weight is 263 g/mol. The Morgan fingerprint density at radius 1 is 1.47 bits per heavy atom. The smallest absolute Gasteiger partial charge is 0.269 e. The number of hydrogen-bond acceptors (Lipinski definition) is 4. The molecule has 1 aromatic rings. The van der Waals surface area contributed by atoms with Crippen LogP contribution in [0.1, 0.15) is 31.4 Å². The van der Waals surface area contributed by atoms with Crippen LogP contribution in [0, 0.1) is 10.1 Å². The first kappa shape index (κ1) is 13.7. The zero-order chi connectivity index (χ0) is 13.8. The first-order valence-corrected chi connectivity index (χ1v) is 6.31. The molecule has 0 spiro atoms. The minimum Gasteiger partial charge on any atom is -0.388 e. The molecule has 1 N–H and O–H groups in total. The fourth-order valence-corrected chi connectivity index (χ4v) is 2.13. The molecule has 3 atom stereocenters. The van der Waals surface area contributed by atoms with Crippen molar-refractivity contribution >= 4 is 5.69 Å². The second-order valence-corrected chi connectivity index (χ2v) is 4.75. The largest absolute Gasteiger partial charge is 0.388 e. The topological polar surface area (TPSA) is 72.6 Å². The van der Waals surface area contributed by atoms with Crippen LogP contribution in [-0.4, -0.2) is 22.2 Å². The maximum atomic E-state index is 10.5. The Morgan fingerprint density at radius 2 is 2.16 bits per heavy atom. The molecule has 0 saturated heterocycles. The van der Waals surface area contributed by atoms with Gasteiger partial charge in [0.1, 0.15) is 0 Å². The highest BCUT2D eigenvalue weighted by Gasteiger charge is 2.19. The predicted molar refractivity (Wildman–Crippen MR) is 70.8 cm³/mol. The highest BCUT2D eigenvalue weighted by atomic mass is 16.6. The zero-order valence-corrected chi connectivity index (χ0v) is 10.7. The van der Waals surface area contributed by atoms with E-state index in [1.54, 1.807) is 12.1 Å². The Labute approximate surface area is 111 Å². The standard InChI is InChI=1S/C14H17NO4/c1-10-3-2-4-13(19-10)9-14(16)11-5-7-12(8-6-11)15(17)18/h2,4-8,10,13-14,16H,3,9H2,1H3/t10-,13-,14?/m0/s1. The fraction of sp³-hybridized carbons (Fsp3) is 0.429. The van der Waals surface area contributed by atoms with Gasteiger partial charge in [-0.1, -0.05) is 12.2 Å². The lowest BCUT2D eigenvalue weighted by Crippen LogP contribution is -2.23. The van der Waals surface area contributed by atoms with Crippen molar-refractivity contribution in [2.75, 3.05) is 0 Å². The van der Waals surface area contributed by atoms with Crippen LogP contribution >= 0.6 is 0 Å². The summed E-state index contributed by atoms with van der Waals surface area (Å²) < 4.78 is 5.69. The summed E-state index contributed by atoms with van der Waals surface area (Å²) in [6.07, 6.45) is 4.74. The molecule has 1 heterocycles. The molecule has 19 heavy (non-hydrogen) atoms. The molecule has 5 heteroatoms. The highest BCUT2D eigenvalue weighted by Crippen LogP contribution is 2.25. The number of non-ortho nitro benzene ring substituents is 1. The molecular formula is C14H17NO4. The van der Waals surface area contributed by atoms with Crippen LogP contribution in [0.4, 0.5) is 5.69 Å². The summed E-state index contributed by atoms with van der Waals surface area (Å²) in [6, 6.07) is 5.97. The summed E-state index contributed by atoms with van der Waals surface area (Å²) in [7, 11) is 0. The van der Waals surface area contributed by atoms with E-state index in [1.165, 1.54) is 12.1 Å². The van der Waals surface area contributed by atoms with Gasteiger partial charge in [0, 0.05) is 18.6 Å². The minimum absolute atomic E-state index is 0.0263. The van der Waals surface area contributed by atoms with E-state index >= 15 is 0 Å². The number of benzene rings is 1. The maximum absolute atomic E-state index is 10.5. The van der Waals surface area contributed by atoms with Gasteiger partial charge in [-0.3, -0.25) is 10.1 Å². The van der Waals surface area contributed by atoms with E-state index in [9.17, 15) is 15.2 Å². The van der Waals surface area contributed by atoms with Gasteiger partial charge in [0.25, 0.3) is 5.69 Å². The molecule has 102 valence electrons. The molecule has 2 rings (SSSR count). The van der Waals surface area contributed by atoms with E-state index in [1.807, 2.05) is 13.0 Å². The van der Waals surface area contributed by atoms with Gasteiger partial charge in [-0.25, -0.2) is 0 Å². The average Bonchev–Trinajstić information content (AvgIpc) is 2.39. The van der Waals surface area contributed by atoms with Gasteiger partial charge in [0.2, 0.25) is 0 Å². The second kappa shape index (κ2) is 5.95. The van der Waals surface area contributed by atoms with E-state index in [2.05, 4.69) is 6.08 Å². The van der Waals surface area contributed by atoms with E-state index < -0.39 is 11.0 Å². The number of nitro benzene ring substituents is 1. The van der Waals surface area contributed by atoms with E-state index in [4.69, 9.17) is 4.74 Å². The van der Waals surface area contributed by atoms with Crippen molar-refractivity contribution in [2.45, 2.75) is 38.1 Å². The first-order chi connectivity index (χ1) is 9.06. The molecule has 5 nitrogen and oxygen atoms in total. The monoisotopic (exact) mass is 263 g/mol. The Bertz CT molecular complexity index is 469. The van der Waals surface area contributed by atoms with Crippen molar-refractivity contribution in [3.8, 4) is 0 Å². The summed E-state index contributed by atoms with van der Waals surface area (Å²) in [4.78, 5) is 10.1. The van der Waals surface area contributed by atoms with Crippen LogP contribution in [-0.2, 0) is 4.74 Å². The fourth-order valence-electron chi connectivity index (χ4n) is 2.13. The second-order valence-electron chi connectivity index (χ2n) is 4.75. The highest BCUT2D eigenvalue weighted by molar-refractivity contribution is 5.33. The summed E-state index contributed by atoms with van der Waals surface area (Å²) in [5.41, 5.74) is 0.694. The third-order valence-corrected chi connectivity index (χ3v) is 3.17. The quantitative estimate of drug-likeness (QED) is 0.515. The van der Waals surface area contributed by atoms with Crippen LogP contribution in [0.15, 0.2) is 36.4 Å². The number of rotatable bonds is 4. The van der Waals surface area contributed by atoms with Gasteiger partial charge >= 0.3 is 0 Å². The van der Waals surface area contributed by atoms with E-state index in [0.717, 1.165) is 6.42 Å². The normalized spacial score (nSPS) is 24.1. The lowest BCUT2D eigenvalue weighted by molar-refractivity contribution is -0.384. The molecule has 0 fully saturated rings. The minimum atomic E-state index is -0.680. The van der Waals surface area contributed by atoms with E-state index in [0.29, 0.717) is 12.0 Å². The Kier molecular flexibility index (Phi) is 4.29. The van der Waals surface area contributed by atoms with Crippen molar-refractivity contribution < 1.29 is 14.8 Å². The molecule has 1 aliphatic heterocycles. The summed E-state index contributed by atoms with van der Waals surface area (Å²) in [5.74, 6) is 0. The van der Waals surface area contributed by atoms with Gasteiger partial charge in [-0.2, -0.15) is 0 Å². The maximum Gasteiger partial charge on any atom is 0.269 e. The molecule has 1 aliphatic rings. The number of hydrogen-bond donors (Lipinski definition) is 1. The van der Waals surface area contributed by atoms with Gasteiger partial charge in [0.15, 0.2) is 0 Å². The van der Waals surface area contributed by atoms with Crippen LogP contribution in [0.3, 0.4) is 0 Å². The predicted octanol–water partition coefficient (Wildman–Crippen LogP) is 2.75. The van der Waals surface area contributed by atoms with E-state index in [-0.39, 0.29) is 17.9 Å². The molecule has 1 aromatic carbocycles. The van der Waals surface area contributed by atoms with Gasteiger partial charge in [-0.15, -0.1) is 0 Å². The lowest BCUT2D eigenvalue weighted by Gasteiger charge is -2.25. The van der Waals surface area contributed by atoms with Crippen molar-refractivity contribution in [3.05, 3.63) is 52.1 Å². The molecule has 1 unspecified atom stereocenters.